The Morgan fingerprint density at radius 1 is 0.652 bits per heavy atom. The fraction of sp³-hybridized carbons (Fsp3) is 0.100. The Morgan fingerprint density at radius 3 is 1.48 bits per heavy atom. The number of anilines is 1. The van der Waals surface area contributed by atoms with Crippen LogP contribution in [0.25, 0.3) is 0 Å². The molecule has 0 atom stereocenters. The number of aryl methyl sites for hydroxylation is 1. The maximum atomic E-state index is 9.16. The second-order valence-electron chi connectivity index (χ2n) is 5.42. The van der Waals surface area contributed by atoms with Crippen molar-refractivity contribution in [1.82, 2.24) is 0 Å². The number of hydrogen-bond donors (Lipinski definition) is 3. The first-order valence-electron chi connectivity index (χ1n) is 7.41. The topological polar surface area (TPSA) is 66.5 Å². The van der Waals surface area contributed by atoms with Crippen molar-refractivity contribution in [2.45, 2.75) is 13.3 Å². The standard InChI is InChI=1S/C14H14O.C6H7NO/c1-11-2-4-12(5-3-11)10-13-6-8-14(15)9-7-13;7-5-1-3-6(8)4-2-5/h2-9,15H,10H2,1H3;1-4,8H,7H2. The summed E-state index contributed by atoms with van der Waals surface area (Å²) in [7, 11) is 0. The van der Waals surface area contributed by atoms with Gasteiger partial charge in [0, 0.05) is 5.69 Å². The summed E-state index contributed by atoms with van der Waals surface area (Å²) in [6.07, 6.45) is 0.917. The molecule has 3 aromatic carbocycles. The summed E-state index contributed by atoms with van der Waals surface area (Å²) in [6.45, 7) is 2.09. The molecule has 3 heteroatoms. The van der Waals surface area contributed by atoms with Crippen molar-refractivity contribution in [3.63, 3.8) is 0 Å². The Hall–Kier alpha value is -2.94. The minimum Gasteiger partial charge on any atom is -0.508 e. The van der Waals surface area contributed by atoms with Crippen molar-refractivity contribution >= 4 is 5.69 Å². The molecular formula is C20H21NO2. The first kappa shape index (κ1) is 16.4. The normalized spacial score (nSPS) is 9.78. The predicted molar refractivity (Wildman–Crippen MR) is 94.6 cm³/mol. The molecule has 0 spiro atoms. The third-order valence-corrected chi connectivity index (χ3v) is 3.36. The van der Waals surface area contributed by atoms with Gasteiger partial charge in [0.1, 0.15) is 11.5 Å². The van der Waals surface area contributed by atoms with E-state index >= 15 is 0 Å². The third-order valence-electron chi connectivity index (χ3n) is 3.36. The molecule has 0 saturated heterocycles. The van der Waals surface area contributed by atoms with E-state index in [4.69, 9.17) is 15.9 Å². The molecule has 3 nitrogen and oxygen atoms in total. The first-order valence-corrected chi connectivity index (χ1v) is 7.41. The molecule has 23 heavy (non-hydrogen) atoms. The van der Waals surface area contributed by atoms with E-state index in [1.54, 1.807) is 36.4 Å². The van der Waals surface area contributed by atoms with E-state index in [0.717, 1.165) is 6.42 Å². The van der Waals surface area contributed by atoms with Gasteiger partial charge in [-0.25, -0.2) is 0 Å². The summed E-state index contributed by atoms with van der Waals surface area (Å²) < 4.78 is 0. The number of hydrogen-bond acceptors (Lipinski definition) is 3. The summed E-state index contributed by atoms with van der Waals surface area (Å²) in [5.74, 6) is 0.571. The largest absolute Gasteiger partial charge is 0.508 e. The second kappa shape index (κ2) is 7.90. The van der Waals surface area contributed by atoms with Crippen molar-refractivity contribution in [1.29, 1.82) is 0 Å². The van der Waals surface area contributed by atoms with Crippen LogP contribution < -0.4 is 5.73 Å². The predicted octanol–water partition coefficient (Wildman–Crippen LogP) is 4.27. The van der Waals surface area contributed by atoms with Crippen LogP contribution in [0, 0.1) is 6.92 Å². The van der Waals surface area contributed by atoms with Crippen LogP contribution in [0.5, 0.6) is 11.5 Å². The molecule has 0 amide bonds. The number of phenolic OH excluding ortho intramolecular Hbond substituents is 2. The highest BCUT2D eigenvalue weighted by Crippen LogP contribution is 2.14. The van der Waals surface area contributed by atoms with Gasteiger partial charge in [-0.2, -0.15) is 0 Å². The van der Waals surface area contributed by atoms with Crippen LogP contribution >= 0.6 is 0 Å². The summed E-state index contributed by atoms with van der Waals surface area (Å²) >= 11 is 0. The maximum absolute atomic E-state index is 9.16. The van der Waals surface area contributed by atoms with Crippen LogP contribution in [0.15, 0.2) is 72.8 Å². The van der Waals surface area contributed by atoms with Crippen molar-refractivity contribution < 1.29 is 10.2 Å². The molecule has 4 N–H and O–H groups in total. The van der Waals surface area contributed by atoms with Crippen molar-refractivity contribution in [2.24, 2.45) is 0 Å². The Labute approximate surface area is 136 Å². The van der Waals surface area contributed by atoms with Crippen molar-refractivity contribution in [3.05, 3.63) is 89.5 Å². The van der Waals surface area contributed by atoms with Gasteiger partial charge in [-0.05, 0) is 60.9 Å². The summed E-state index contributed by atoms with van der Waals surface area (Å²) in [5, 5.41) is 17.9. The van der Waals surface area contributed by atoms with Gasteiger partial charge >= 0.3 is 0 Å². The Bertz CT molecular complexity index is 653. The molecule has 0 heterocycles. The molecular weight excluding hydrogens is 286 g/mol. The third kappa shape index (κ3) is 5.75. The van der Waals surface area contributed by atoms with Gasteiger partial charge < -0.3 is 15.9 Å². The van der Waals surface area contributed by atoms with Gasteiger partial charge in [-0.1, -0.05) is 42.0 Å². The van der Waals surface area contributed by atoms with Crippen molar-refractivity contribution in [3.8, 4) is 11.5 Å². The van der Waals surface area contributed by atoms with E-state index in [-0.39, 0.29) is 5.75 Å². The monoisotopic (exact) mass is 307 g/mol. The molecule has 0 radical (unpaired) electrons. The average Bonchev–Trinajstić information content (AvgIpc) is 2.55. The zero-order valence-electron chi connectivity index (χ0n) is 13.1. The van der Waals surface area contributed by atoms with Crippen LogP contribution in [-0.4, -0.2) is 10.2 Å². The molecule has 0 aliphatic carbocycles. The minimum absolute atomic E-state index is 0.249. The summed E-state index contributed by atoms with van der Waals surface area (Å²) in [6, 6.07) is 22.3. The lowest BCUT2D eigenvalue weighted by atomic mass is 10.0. The lowest BCUT2D eigenvalue weighted by Crippen LogP contribution is -1.87. The van der Waals surface area contributed by atoms with Crippen LogP contribution in [0.4, 0.5) is 5.69 Å². The lowest BCUT2D eigenvalue weighted by Gasteiger charge is -2.02. The maximum Gasteiger partial charge on any atom is 0.115 e. The quantitative estimate of drug-likeness (QED) is 0.489. The number of aromatic hydroxyl groups is 2. The second-order valence-corrected chi connectivity index (χ2v) is 5.42. The van der Waals surface area contributed by atoms with Gasteiger partial charge in [0.25, 0.3) is 0 Å². The molecule has 3 rings (SSSR count). The average molecular weight is 307 g/mol. The fourth-order valence-corrected chi connectivity index (χ4v) is 2.03. The Morgan fingerprint density at radius 2 is 1.04 bits per heavy atom. The van der Waals surface area contributed by atoms with E-state index in [2.05, 4.69) is 31.2 Å². The molecule has 0 aromatic heterocycles. The van der Waals surface area contributed by atoms with E-state index in [0.29, 0.717) is 11.4 Å². The summed E-state index contributed by atoms with van der Waals surface area (Å²) in [4.78, 5) is 0. The van der Waals surface area contributed by atoms with Crippen LogP contribution in [0.3, 0.4) is 0 Å². The minimum atomic E-state index is 0.249. The van der Waals surface area contributed by atoms with E-state index in [1.165, 1.54) is 16.7 Å². The smallest absolute Gasteiger partial charge is 0.115 e. The molecule has 0 unspecified atom stereocenters. The molecule has 0 bridgehead atoms. The highest BCUT2D eigenvalue weighted by molar-refractivity contribution is 5.40. The number of rotatable bonds is 2. The van der Waals surface area contributed by atoms with Gasteiger partial charge in [-0.15, -0.1) is 0 Å². The number of benzene rings is 3. The van der Waals surface area contributed by atoms with Gasteiger partial charge in [-0.3, -0.25) is 0 Å². The zero-order chi connectivity index (χ0) is 16.7. The van der Waals surface area contributed by atoms with Crippen molar-refractivity contribution in [2.75, 3.05) is 5.73 Å². The van der Waals surface area contributed by atoms with Gasteiger partial charge in [0.15, 0.2) is 0 Å². The summed E-state index contributed by atoms with van der Waals surface area (Å²) in [5.41, 5.74) is 9.78. The van der Waals surface area contributed by atoms with Crippen LogP contribution in [0.2, 0.25) is 0 Å². The molecule has 0 fully saturated rings. The highest BCUT2D eigenvalue weighted by atomic mass is 16.3. The molecule has 0 aliphatic heterocycles. The van der Waals surface area contributed by atoms with Gasteiger partial charge in [0.05, 0.1) is 0 Å². The number of nitrogen functional groups attached to an aromatic ring is 1. The number of phenols is 2. The Kier molecular flexibility index (Phi) is 5.64. The van der Waals surface area contributed by atoms with Crippen LogP contribution in [-0.2, 0) is 6.42 Å². The molecule has 0 aliphatic rings. The van der Waals surface area contributed by atoms with E-state index in [1.807, 2.05) is 12.1 Å². The number of nitrogens with two attached hydrogens (primary N) is 1. The molecule has 118 valence electrons. The highest BCUT2D eigenvalue weighted by Gasteiger charge is 1.96. The first-order chi connectivity index (χ1) is 11.0. The molecule has 3 aromatic rings. The van der Waals surface area contributed by atoms with Crippen LogP contribution in [0.1, 0.15) is 16.7 Å². The Balaban J connectivity index is 0.000000203. The molecule has 0 saturated carbocycles. The lowest BCUT2D eigenvalue weighted by molar-refractivity contribution is 0.474. The van der Waals surface area contributed by atoms with E-state index < -0.39 is 0 Å². The SMILES string of the molecule is Cc1ccc(Cc2ccc(O)cc2)cc1.Nc1ccc(O)cc1. The zero-order valence-corrected chi connectivity index (χ0v) is 13.1. The van der Waals surface area contributed by atoms with Gasteiger partial charge in [0.2, 0.25) is 0 Å². The van der Waals surface area contributed by atoms with E-state index in [9.17, 15) is 0 Å². The fourth-order valence-electron chi connectivity index (χ4n) is 2.03.